The molecule has 1 aromatic heterocycles. The molecule has 0 fully saturated rings. The van der Waals surface area contributed by atoms with E-state index in [2.05, 4.69) is 183 Å². The molecule has 0 N–H and O–H groups in total. The molecule has 9 aromatic rings. The van der Waals surface area contributed by atoms with Crippen LogP contribution in [0.1, 0.15) is 23.6 Å². The molecule has 0 radical (unpaired) electrons. The molecule has 1 aliphatic rings. The van der Waals surface area contributed by atoms with E-state index in [9.17, 15) is 0 Å². The SMILES string of the molecule is CC1(c2ccccc2)c2ccccc2-c2cc(-c3cc(-c4ccccc4)nc(-c4c5ccccc5cc5c4ccc4ccccc45)n3)ccc21. The Morgan fingerprint density at radius 1 is 0.400 bits per heavy atom. The van der Waals surface area contributed by atoms with Gasteiger partial charge in [0.05, 0.1) is 11.4 Å². The average Bonchev–Trinajstić information content (AvgIpc) is 3.45. The summed E-state index contributed by atoms with van der Waals surface area (Å²) >= 11 is 0. The molecular weight excluding hydrogens is 605 g/mol. The molecule has 0 aliphatic heterocycles. The van der Waals surface area contributed by atoms with Gasteiger partial charge in [-0.05, 0) is 85.3 Å². The molecule has 234 valence electrons. The number of hydrogen-bond acceptors (Lipinski definition) is 2. The van der Waals surface area contributed by atoms with Gasteiger partial charge < -0.3 is 0 Å². The summed E-state index contributed by atoms with van der Waals surface area (Å²) in [4.78, 5) is 10.8. The maximum absolute atomic E-state index is 5.44. The van der Waals surface area contributed by atoms with Crippen molar-refractivity contribution < 1.29 is 0 Å². The minimum absolute atomic E-state index is 0.248. The molecule has 1 aliphatic carbocycles. The number of nitrogens with zero attached hydrogens (tertiary/aromatic N) is 2. The fourth-order valence-electron chi connectivity index (χ4n) is 8.27. The Morgan fingerprint density at radius 3 is 1.86 bits per heavy atom. The molecule has 1 heterocycles. The van der Waals surface area contributed by atoms with Crippen molar-refractivity contribution in [1.29, 1.82) is 0 Å². The van der Waals surface area contributed by atoms with Crippen LogP contribution < -0.4 is 0 Å². The van der Waals surface area contributed by atoms with Gasteiger partial charge in [0.1, 0.15) is 0 Å². The second kappa shape index (κ2) is 11.1. The van der Waals surface area contributed by atoms with Gasteiger partial charge in [-0.15, -0.1) is 0 Å². The monoisotopic (exact) mass is 636 g/mol. The lowest BCUT2D eigenvalue weighted by Crippen LogP contribution is -2.22. The van der Waals surface area contributed by atoms with Gasteiger partial charge >= 0.3 is 0 Å². The minimum atomic E-state index is -0.248. The maximum atomic E-state index is 5.44. The van der Waals surface area contributed by atoms with Gasteiger partial charge in [-0.25, -0.2) is 9.97 Å². The molecule has 1 unspecified atom stereocenters. The third kappa shape index (κ3) is 4.28. The van der Waals surface area contributed by atoms with Crippen molar-refractivity contribution >= 4 is 32.3 Å². The molecule has 0 saturated heterocycles. The molecule has 0 bridgehead atoms. The van der Waals surface area contributed by atoms with E-state index in [1.807, 2.05) is 0 Å². The molecule has 50 heavy (non-hydrogen) atoms. The van der Waals surface area contributed by atoms with Crippen LogP contribution >= 0.6 is 0 Å². The van der Waals surface area contributed by atoms with E-state index in [4.69, 9.17) is 9.97 Å². The minimum Gasteiger partial charge on any atom is -0.228 e. The summed E-state index contributed by atoms with van der Waals surface area (Å²) in [6.45, 7) is 2.36. The molecule has 2 nitrogen and oxygen atoms in total. The fraction of sp³-hybridized carbons (Fsp3) is 0.0417. The van der Waals surface area contributed by atoms with E-state index >= 15 is 0 Å². The molecule has 8 aromatic carbocycles. The molecule has 10 rings (SSSR count). The molecule has 1 atom stereocenters. The Bertz CT molecular complexity index is 2770. The van der Waals surface area contributed by atoms with Gasteiger partial charge in [0.25, 0.3) is 0 Å². The zero-order valence-corrected chi connectivity index (χ0v) is 27.6. The fourth-order valence-corrected chi connectivity index (χ4v) is 8.27. The predicted octanol–water partition coefficient (Wildman–Crippen LogP) is 12.3. The van der Waals surface area contributed by atoms with Crippen LogP contribution in [-0.4, -0.2) is 9.97 Å². The first-order valence-corrected chi connectivity index (χ1v) is 17.3. The van der Waals surface area contributed by atoms with Crippen molar-refractivity contribution in [1.82, 2.24) is 9.97 Å². The highest BCUT2D eigenvalue weighted by Crippen LogP contribution is 2.53. The molecule has 2 heteroatoms. The number of hydrogen-bond donors (Lipinski definition) is 0. The lowest BCUT2D eigenvalue weighted by molar-refractivity contribution is 0.714. The van der Waals surface area contributed by atoms with Crippen LogP contribution in [0.4, 0.5) is 0 Å². The third-order valence-electron chi connectivity index (χ3n) is 10.8. The average molecular weight is 637 g/mol. The van der Waals surface area contributed by atoms with Gasteiger partial charge in [-0.1, -0.05) is 158 Å². The van der Waals surface area contributed by atoms with E-state index in [1.54, 1.807) is 0 Å². The summed E-state index contributed by atoms with van der Waals surface area (Å²) in [5, 5.41) is 7.14. The van der Waals surface area contributed by atoms with Crippen LogP contribution in [0.25, 0.3) is 77.3 Å². The van der Waals surface area contributed by atoms with Crippen LogP contribution in [0.15, 0.2) is 176 Å². The molecule has 0 amide bonds. The second-order valence-corrected chi connectivity index (χ2v) is 13.5. The van der Waals surface area contributed by atoms with E-state index < -0.39 is 0 Å². The Labute approximate surface area is 291 Å². The van der Waals surface area contributed by atoms with Crippen molar-refractivity contribution in [2.45, 2.75) is 12.3 Å². The number of benzene rings is 8. The summed E-state index contributed by atoms with van der Waals surface area (Å²) in [6, 6.07) is 63.3. The summed E-state index contributed by atoms with van der Waals surface area (Å²) in [6.07, 6.45) is 0. The van der Waals surface area contributed by atoms with Gasteiger partial charge in [-0.2, -0.15) is 0 Å². The van der Waals surface area contributed by atoms with E-state index in [-0.39, 0.29) is 5.41 Å². The van der Waals surface area contributed by atoms with Gasteiger partial charge in [-0.3, -0.25) is 0 Å². The first kappa shape index (κ1) is 28.6. The van der Waals surface area contributed by atoms with E-state index in [0.717, 1.165) is 44.7 Å². The first-order chi connectivity index (χ1) is 24.7. The summed E-state index contributed by atoms with van der Waals surface area (Å²) in [5.41, 5.74) is 11.3. The second-order valence-electron chi connectivity index (χ2n) is 13.5. The van der Waals surface area contributed by atoms with Crippen LogP contribution in [0, 0.1) is 0 Å². The smallest absolute Gasteiger partial charge is 0.161 e. The van der Waals surface area contributed by atoms with Crippen LogP contribution in [0.3, 0.4) is 0 Å². The van der Waals surface area contributed by atoms with Crippen molar-refractivity contribution in [3.05, 3.63) is 193 Å². The quantitative estimate of drug-likeness (QED) is 0.142. The molecule has 0 spiro atoms. The highest BCUT2D eigenvalue weighted by molar-refractivity contribution is 6.19. The zero-order chi connectivity index (χ0) is 33.2. The molecule has 0 saturated carbocycles. The largest absolute Gasteiger partial charge is 0.228 e. The Hall–Kier alpha value is -6.38. The zero-order valence-electron chi connectivity index (χ0n) is 27.6. The van der Waals surface area contributed by atoms with Crippen molar-refractivity contribution in [3.63, 3.8) is 0 Å². The Balaban J connectivity index is 1.24. The summed E-state index contributed by atoms with van der Waals surface area (Å²) in [5.74, 6) is 0.730. The highest BCUT2D eigenvalue weighted by atomic mass is 14.9. The van der Waals surface area contributed by atoms with Crippen molar-refractivity contribution in [2.24, 2.45) is 0 Å². The van der Waals surface area contributed by atoms with Crippen molar-refractivity contribution in [3.8, 4) is 45.0 Å². The molecular formula is C48H32N2. The topological polar surface area (TPSA) is 25.8 Å². The van der Waals surface area contributed by atoms with E-state index in [0.29, 0.717) is 0 Å². The summed E-state index contributed by atoms with van der Waals surface area (Å²) < 4.78 is 0. The number of rotatable bonds is 4. The number of aromatic nitrogens is 2. The highest BCUT2D eigenvalue weighted by Gasteiger charge is 2.40. The lowest BCUT2D eigenvalue weighted by atomic mass is 9.74. The number of fused-ring (bicyclic) bond motifs is 7. The van der Waals surface area contributed by atoms with Crippen LogP contribution in [-0.2, 0) is 5.41 Å². The predicted molar refractivity (Wildman–Crippen MR) is 208 cm³/mol. The van der Waals surface area contributed by atoms with Gasteiger partial charge in [0.2, 0.25) is 0 Å². The Morgan fingerprint density at radius 2 is 1.04 bits per heavy atom. The van der Waals surface area contributed by atoms with Gasteiger partial charge in [0, 0.05) is 22.1 Å². The normalized spacial score (nSPS) is 15.0. The van der Waals surface area contributed by atoms with Crippen molar-refractivity contribution in [2.75, 3.05) is 0 Å². The van der Waals surface area contributed by atoms with Crippen LogP contribution in [0.5, 0.6) is 0 Å². The van der Waals surface area contributed by atoms with Crippen LogP contribution in [0.2, 0.25) is 0 Å². The van der Waals surface area contributed by atoms with Gasteiger partial charge in [0.15, 0.2) is 5.82 Å². The Kier molecular flexibility index (Phi) is 6.34. The maximum Gasteiger partial charge on any atom is 0.161 e. The summed E-state index contributed by atoms with van der Waals surface area (Å²) in [7, 11) is 0. The lowest BCUT2D eigenvalue weighted by Gasteiger charge is -2.28. The van der Waals surface area contributed by atoms with E-state index in [1.165, 1.54) is 49.4 Å². The first-order valence-electron chi connectivity index (χ1n) is 17.3. The third-order valence-corrected chi connectivity index (χ3v) is 10.8. The standard InChI is InChI=1S/C48H32N2/c1-48(35-18-6-3-7-19-35)42-23-13-12-22-38(42)41-29-34(25-27-43(41)48)45-30-44(32-15-4-2-5-16-32)49-47(50-45)46-37-21-11-9-17-33(37)28-40-36-20-10-8-14-31(36)24-26-39(40)46/h2-30H,1H3.